The highest BCUT2D eigenvalue weighted by molar-refractivity contribution is 9.10. The molecule has 1 N–H and O–H groups in total. The fourth-order valence-electron chi connectivity index (χ4n) is 2.44. The maximum atomic E-state index is 12.7. The van der Waals surface area contributed by atoms with Gasteiger partial charge >= 0.3 is 6.18 Å². The Balaban J connectivity index is 2.26. The molecular formula is C14H12BrF3N2O. The first kappa shape index (κ1) is 15.8. The highest BCUT2D eigenvalue weighted by Crippen LogP contribution is 2.39. The van der Waals surface area contributed by atoms with Crippen LogP contribution in [0.2, 0.25) is 0 Å². The van der Waals surface area contributed by atoms with Gasteiger partial charge in [-0.1, -0.05) is 28.8 Å². The average molecular weight is 361 g/mol. The number of amides is 1. The Labute approximate surface area is 128 Å². The van der Waals surface area contributed by atoms with E-state index in [9.17, 15) is 23.2 Å². The van der Waals surface area contributed by atoms with E-state index >= 15 is 0 Å². The van der Waals surface area contributed by atoms with Gasteiger partial charge in [-0.2, -0.15) is 18.4 Å². The van der Waals surface area contributed by atoms with E-state index in [1.54, 1.807) is 0 Å². The molecule has 0 radical (unpaired) electrons. The molecule has 3 nitrogen and oxygen atoms in total. The number of hydrogen-bond donors (Lipinski definition) is 1. The first-order chi connectivity index (χ1) is 9.77. The molecule has 0 saturated heterocycles. The van der Waals surface area contributed by atoms with Crippen molar-refractivity contribution in [1.29, 1.82) is 5.26 Å². The molecular weight excluding hydrogens is 349 g/mol. The third-order valence-electron chi connectivity index (χ3n) is 3.59. The molecule has 112 valence electrons. The minimum Gasteiger partial charge on any atom is -0.325 e. The SMILES string of the molecule is N#CC1(C(=O)Nc2cc(Br)cc(C(F)(F)F)c2)CCCC1. The molecule has 1 saturated carbocycles. The number of carbonyl (C=O) groups excluding carboxylic acids is 1. The summed E-state index contributed by atoms with van der Waals surface area (Å²) in [6.07, 6.45) is -2.07. The minimum atomic E-state index is -4.50. The zero-order chi connectivity index (χ0) is 15.7. The zero-order valence-electron chi connectivity index (χ0n) is 10.9. The molecule has 0 heterocycles. The van der Waals surface area contributed by atoms with Crippen molar-refractivity contribution in [1.82, 2.24) is 0 Å². The summed E-state index contributed by atoms with van der Waals surface area (Å²) < 4.78 is 38.4. The van der Waals surface area contributed by atoms with Gasteiger partial charge in [-0.3, -0.25) is 4.79 Å². The third kappa shape index (κ3) is 3.38. The molecule has 2 rings (SSSR count). The number of halogens is 4. The van der Waals surface area contributed by atoms with Gasteiger partial charge in [0.05, 0.1) is 11.6 Å². The Morgan fingerprint density at radius 2 is 1.90 bits per heavy atom. The van der Waals surface area contributed by atoms with Gasteiger partial charge in [-0.15, -0.1) is 0 Å². The van der Waals surface area contributed by atoms with Gasteiger partial charge in [-0.25, -0.2) is 0 Å². The fraction of sp³-hybridized carbons (Fsp3) is 0.429. The van der Waals surface area contributed by atoms with Crippen molar-refractivity contribution in [2.75, 3.05) is 5.32 Å². The number of carbonyl (C=O) groups is 1. The minimum absolute atomic E-state index is 0.0308. The Bertz CT molecular complexity index is 601. The summed E-state index contributed by atoms with van der Waals surface area (Å²) in [5.41, 5.74) is -1.95. The van der Waals surface area contributed by atoms with Crippen molar-refractivity contribution < 1.29 is 18.0 Å². The number of alkyl halides is 3. The standard InChI is InChI=1S/C14H12BrF3N2O/c15-10-5-9(14(16,17)18)6-11(7-10)20-12(21)13(8-19)3-1-2-4-13/h5-7H,1-4H2,(H,20,21). The second-order valence-electron chi connectivity index (χ2n) is 5.08. The van der Waals surface area contributed by atoms with Crippen LogP contribution in [0, 0.1) is 16.7 Å². The van der Waals surface area contributed by atoms with E-state index in [0.29, 0.717) is 12.8 Å². The van der Waals surface area contributed by atoms with Crippen LogP contribution in [0.3, 0.4) is 0 Å². The van der Waals surface area contributed by atoms with Crippen LogP contribution >= 0.6 is 15.9 Å². The molecule has 0 bridgehead atoms. The monoisotopic (exact) mass is 360 g/mol. The summed E-state index contributed by atoms with van der Waals surface area (Å²) in [4.78, 5) is 12.2. The van der Waals surface area contributed by atoms with E-state index in [1.807, 2.05) is 6.07 Å². The predicted octanol–water partition coefficient (Wildman–Crippen LogP) is 4.49. The summed E-state index contributed by atoms with van der Waals surface area (Å²) in [5.74, 6) is -0.534. The van der Waals surface area contributed by atoms with Crippen LogP contribution in [0.15, 0.2) is 22.7 Å². The number of anilines is 1. The largest absolute Gasteiger partial charge is 0.416 e. The van der Waals surface area contributed by atoms with Crippen LogP contribution in [0.4, 0.5) is 18.9 Å². The number of nitriles is 1. The van der Waals surface area contributed by atoms with E-state index in [1.165, 1.54) is 6.07 Å². The van der Waals surface area contributed by atoms with Gasteiger partial charge in [0.15, 0.2) is 0 Å². The van der Waals surface area contributed by atoms with Gasteiger partial charge in [0.2, 0.25) is 5.91 Å². The number of benzene rings is 1. The molecule has 0 spiro atoms. The predicted molar refractivity (Wildman–Crippen MR) is 74.3 cm³/mol. The number of rotatable bonds is 2. The van der Waals surface area contributed by atoms with Crippen molar-refractivity contribution in [3.8, 4) is 6.07 Å². The molecule has 7 heteroatoms. The van der Waals surface area contributed by atoms with Crippen molar-refractivity contribution in [3.63, 3.8) is 0 Å². The molecule has 1 aromatic rings. The molecule has 0 aliphatic heterocycles. The second kappa shape index (κ2) is 5.68. The topological polar surface area (TPSA) is 52.9 Å². The first-order valence-electron chi connectivity index (χ1n) is 6.37. The van der Waals surface area contributed by atoms with Crippen LogP contribution in [0.25, 0.3) is 0 Å². The maximum Gasteiger partial charge on any atom is 0.416 e. The third-order valence-corrected chi connectivity index (χ3v) is 4.05. The van der Waals surface area contributed by atoms with Crippen molar-refractivity contribution >= 4 is 27.5 Å². The quantitative estimate of drug-likeness (QED) is 0.844. The fourth-order valence-corrected chi connectivity index (χ4v) is 2.94. The molecule has 1 fully saturated rings. The summed E-state index contributed by atoms with van der Waals surface area (Å²) in [7, 11) is 0. The smallest absolute Gasteiger partial charge is 0.325 e. The Hall–Kier alpha value is -1.55. The molecule has 1 aliphatic rings. The summed E-state index contributed by atoms with van der Waals surface area (Å²) in [6, 6.07) is 5.19. The Morgan fingerprint density at radius 3 is 2.43 bits per heavy atom. The first-order valence-corrected chi connectivity index (χ1v) is 7.17. The lowest BCUT2D eigenvalue weighted by Gasteiger charge is -2.20. The molecule has 1 amide bonds. The van der Waals surface area contributed by atoms with Crippen LogP contribution in [-0.2, 0) is 11.0 Å². The van der Waals surface area contributed by atoms with E-state index in [-0.39, 0.29) is 10.2 Å². The van der Waals surface area contributed by atoms with E-state index in [2.05, 4.69) is 21.2 Å². The number of nitrogens with one attached hydrogen (secondary N) is 1. The van der Waals surface area contributed by atoms with E-state index < -0.39 is 23.1 Å². The molecule has 1 aliphatic carbocycles. The highest BCUT2D eigenvalue weighted by atomic mass is 79.9. The maximum absolute atomic E-state index is 12.7. The molecule has 21 heavy (non-hydrogen) atoms. The average Bonchev–Trinajstić information content (AvgIpc) is 2.87. The van der Waals surface area contributed by atoms with Crippen molar-refractivity contribution in [2.24, 2.45) is 5.41 Å². The van der Waals surface area contributed by atoms with E-state index in [4.69, 9.17) is 0 Å². The van der Waals surface area contributed by atoms with E-state index in [0.717, 1.165) is 25.0 Å². The lowest BCUT2D eigenvalue weighted by Crippen LogP contribution is -2.32. The van der Waals surface area contributed by atoms with Gasteiger partial charge in [0, 0.05) is 10.2 Å². The number of hydrogen-bond acceptors (Lipinski definition) is 2. The second-order valence-corrected chi connectivity index (χ2v) is 6.00. The molecule has 1 aromatic carbocycles. The van der Waals surface area contributed by atoms with Crippen molar-refractivity contribution in [2.45, 2.75) is 31.9 Å². The molecule has 0 aromatic heterocycles. The van der Waals surface area contributed by atoms with Crippen LogP contribution in [0.5, 0.6) is 0 Å². The summed E-state index contributed by atoms with van der Waals surface area (Å²) in [6.45, 7) is 0. The molecule has 0 atom stereocenters. The van der Waals surface area contributed by atoms with Crippen molar-refractivity contribution in [3.05, 3.63) is 28.2 Å². The van der Waals surface area contributed by atoms with Gasteiger partial charge in [-0.05, 0) is 31.0 Å². The van der Waals surface area contributed by atoms with Gasteiger partial charge in [0.1, 0.15) is 5.41 Å². The summed E-state index contributed by atoms with van der Waals surface area (Å²) >= 11 is 2.99. The Kier molecular flexibility index (Phi) is 4.28. The van der Waals surface area contributed by atoms with Crippen LogP contribution in [0.1, 0.15) is 31.2 Å². The molecule has 0 unspecified atom stereocenters. The Morgan fingerprint density at radius 1 is 1.29 bits per heavy atom. The van der Waals surface area contributed by atoms with Gasteiger partial charge in [0.25, 0.3) is 0 Å². The lowest BCUT2D eigenvalue weighted by atomic mass is 9.87. The van der Waals surface area contributed by atoms with Crippen LogP contribution in [-0.4, -0.2) is 5.91 Å². The number of nitrogens with zero attached hydrogens (tertiary/aromatic N) is 1. The lowest BCUT2D eigenvalue weighted by molar-refractivity contribution is -0.137. The van der Waals surface area contributed by atoms with Gasteiger partial charge < -0.3 is 5.32 Å². The zero-order valence-corrected chi connectivity index (χ0v) is 12.5. The summed E-state index contributed by atoms with van der Waals surface area (Å²) in [5, 5.41) is 11.6. The van der Waals surface area contributed by atoms with Crippen LogP contribution < -0.4 is 5.32 Å². The normalized spacial score (nSPS) is 17.3. The highest BCUT2D eigenvalue weighted by Gasteiger charge is 2.41.